The molecule has 0 atom stereocenters. The van der Waals surface area contributed by atoms with Crippen molar-refractivity contribution < 1.29 is 17.9 Å². The van der Waals surface area contributed by atoms with Gasteiger partial charge in [0.1, 0.15) is 0 Å². The Balaban J connectivity index is 2.90. The summed E-state index contributed by atoms with van der Waals surface area (Å²) in [4.78, 5) is 12.0. The van der Waals surface area contributed by atoms with Crippen molar-refractivity contribution in [1.29, 1.82) is 0 Å². The summed E-state index contributed by atoms with van der Waals surface area (Å²) in [5, 5.41) is 0. The Morgan fingerprint density at radius 1 is 1.26 bits per heavy atom. The molecule has 0 bridgehead atoms. The minimum Gasteiger partial charge on any atom is -0.382 e. The molecule has 1 amide bonds. The van der Waals surface area contributed by atoms with Crippen molar-refractivity contribution in [2.24, 2.45) is 0 Å². The van der Waals surface area contributed by atoms with E-state index >= 15 is 0 Å². The Labute approximate surface area is 139 Å². The summed E-state index contributed by atoms with van der Waals surface area (Å²) in [5.41, 5.74) is 1.36. The van der Waals surface area contributed by atoms with Crippen LogP contribution in [0.5, 0.6) is 0 Å². The summed E-state index contributed by atoms with van der Waals surface area (Å²) >= 11 is 0. The van der Waals surface area contributed by atoms with Gasteiger partial charge in [-0.3, -0.25) is 4.79 Å². The second-order valence-corrected chi connectivity index (χ2v) is 8.21. The Morgan fingerprint density at radius 3 is 2.48 bits per heavy atom. The second kappa shape index (κ2) is 7.93. The lowest BCUT2D eigenvalue weighted by Crippen LogP contribution is -2.31. The van der Waals surface area contributed by atoms with E-state index in [4.69, 9.17) is 4.74 Å². The molecule has 6 heteroatoms. The van der Waals surface area contributed by atoms with E-state index in [1.807, 2.05) is 33.8 Å². The van der Waals surface area contributed by atoms with Crippen LogP contribution in [-0.2, 0) is 25.0 Å². The maximum absolute atomic E-state index is 12.5. The normalized spacial score (nSPS) is 12.2. The van der Waals surface area contributed by atoms with Gasteiger partial charge in [0.2, 0.25) is 5.91 Å². The minimum atomic E-state index is -3.86. The van der Waals surface area contributed by atoms with E-state index in [-0.39, 0.29) is 16.7 Å². The van der Waals surface area contributed by atoms with Crippen LogP contribution in [0.1, 0.15) is 51.7 Å². The molecule has 0 saturated carbocycles. The summed E-state index contributed by atoms with van der Waals surface area (Å²) in [6.45, 7) is 10.7. The number of hydrogen-bond donors (Lipinski definition) is 1. The van der Waals surface area contributed by atoms with Crippen LogP contribution in [0, 0.1) is 6.92 Å². The number of amides is 1. The van der Waals surface area contributed by atoms with Gasteiger partial charge in [-0.05, 0) is 42.9 Å². The molecule has 1 N–H and O–H groups in total. The molecule has 130 valence electrons. The lowest BCUT2D eigenvalue weighted by molar-refractivity contribution is -0.119. The molecule has 0 aliphatic rings. The monoisotopic (exact) mass is 341 g/mol. The average molecular weight is 341 g/mol. The molecule has 1 aromatic carbocycles. The van der Waals surface area contributed by atoms with Crippen LogP contribution in [0.4, 0.5) is 0 Å². The molecule has 0 spiro atoms. The van der Waals surface area contributed by atoms with Crippen LogP contribution in [0.2, 0.25) is 0 Å². The Kier molecular flexibility index (Phi) is 6.77. The predicted octanol–water partition coefficient (Wildman–Crippen LogP) is 2.91. The lowest BCUT2D eigenvalue weighted by Gasteiger charge is -2.20. The summed E-state index contributed by atoms with van der Waals surface area (Å²) in [6, 6.07) is 5.33. The van der Waals surface area contributed by atoms with Crippen molar-refractivity contribution in [3.8, 4) is 0 Å². The molecular formula is C17H27NO4S. The van der Waals surface area contributed by atoms with E-state index in [2.05, 4.69) is 4.72 Å². The van der Waals surface area contributed by atoms with E-state index < -0.39 is 15.9 Å². The molecule has 0 aromatic heterocycles. The van der Waals surface area contributed by atoms with Gasteiger partial charge in [0.25, 0.3) is 10.0 Å². The summed E-state index contributed by atoms with van der Waals surface area (Å²) in [7, 11) is -3.86. The van der Waals surface area contributed by atoms with Crippen molar-refractivity contribution >= 4 is 15.9 Å². The topological polar surface area (TPSA) is 72.5 Å². The maximum atomic E-state index is 12.5. The van der Waals surface area contributed by atoms with Crippen molar-refractivity contribution in [3.05, 3.63) is 29.3 Å². The van der Waals surface area contributed by atoms with Gasteiger partial charge in [0.15, 0.2) is 0 Å². The molecule has 5 nitrogen and oxygen atoms in total. The number of benzene rings is 1. The number of rotatable bonds is 7. The fraction of sp³-hybridized carbons (Fsp3) is 0.588. The zero-order valence-corrected chi connectivity index (χ0v) is 15.4. The van der Waals surface area contributed by atoms with Crippen molar-refractivity contribution in [1.82, 2.24) is 4.72 Å². The number of carbonyl (C=O) groups is 1. The zero-order chi connectivity index (χ0) is 17.7. The SMILES string of the molecule is CCOCCCC(=O)NS(=O)(=O)c1cc(C(C)(C)C)ccc1C. The molecule has 0 saturated heterocycles. The highest BCUT2D eigenvalue weighted by atomic mass is 32.2. The van der Waals surface area contributed by atoms with Crippen LogP contribution >= 0.6 is 0 Å². The highest BCUT2D eigenvalue weighted by Gasteiger charge is 2.23. The van der Waals surface area contributed by atoms with Gasteiger partial charge in [-0.1, -0.05) is 32.9 Å². The van der Waals surface area contributed by atoms with E-state index in [1.54, 1.807) is 19.1 Å². The van der Waals surface area contributed by atoms with Gasteiger partial charge in [-0.15, -0.1) is 0 Å². The number of aryl methyl sites for hydroxylation is 1. The standard InChI is InChI=1S/C17H27NO4S/c1-6-22-11-7-8-16(19)18-23(20,21)15-12-14(17(3,4)5)10-9-13(15)2/h9-10,12H,6-8,11H2,1-5H3,(H,18,19). The summed E-state index contributed by atoms with van der Waals surface area (Å²) < 4.78 is 32.2. The molecule has 0 fully saturated rings. The molecule has 23 heavy (non-hydrogen) atoms. The first kappa shape index (κ1) is 19.6. The number of hydrogen-bond acceptors (Lipinski definition) is 4. The fourth-order valence-electron chi connectivity index (χ4n) is 2.09. The highest BCUT2D eigenvalue weighted by Crippen LogP contribution is 2.26. The quantitative estimate of drug-likeness (QED) is 0.774. The number of carbonyl (C=O) groups excluding carboxylic acids is 1. The fourth-order valence-corrected chi connectivity index (χ4v) is 3.38. The van der Waals surface area contributed by atoms with Crippen molar-refractivity contribution in [2.45, 2.75) is 57.8 Å². The van der Waals surface area contributed by atoms with Crippen molar-refractivity contribution in [3.63, 3.8) is 0 Å². The first-order valence-corrected chi connectivity index (χ1v) is 9.30. The predicted molar refractivity (Wildman–Crippen MR) is 90.9 cm³/mol. The molecule has 1 rings (SSSR count). The van der Waals surface area contributed by atoms with Crippen LogP contribution in [0.3, 0.4) is 0 Å². The molecule has 0 unspecified atom stereocenters. The molecule has 0 radical (unpaired) electrons. The van der Waals surface area contributed by atoms with Crippen molar-refractivity contribution in [2.75, 3.05) is 13.2 Å². The smallest absolute Gasteiger partial charge is 0.264 e. The number of ether oxygens (including phenoxy) is 1. The van der Waals surface area contributed by atoms with Gasteiger partial charge < -0.3 is 4.74 Å². The van der Waals surface area contributed by atoms with Crippen LogP contribution in [-0.4, -0.2) is 27.5 Å². The van der Waals surface area contributed by atoms with Gasteiger partial charge >= 0.3 is 0 Å². The summed E-state index contributed by atoms with van der Waals surface area (Å²) in [5.74, 6) is -0.509. The van der Waals surface area contributed by atoms with E-state index in [0.717, 1.165) is 5.56 Å². The van der Waals surface area contributed by atoms with Gasteiger partial charge in [-0.25, -0.2) is 13.1 Å². The number of nitrogens with one attached hydrogen (secondary N) is 1. The van der Waals surface area contributed by atoms with Gasteiger partial charge in [0, 0.05) is 19.6 Å². The Morgan fingerprint density at radius 2 is 1.91 bits per heavy atom. The van der Waals surface area contributed by atoms with Crippen LogP contribution in [0.25, 0.3) is 0 Å². The van der Waals surface area contributed by atoms with Crippen LogP contribution in [0.15, 0.2) is 23.1 Å². The first-order chi connectivity index (χ1) is 10.6. The van der Waals surface area contributed by atoms with Crippen LogP contribution < -0.4 is 4.72 Å². The third kappa shape index (κ3) is 5.95. The van der Waals surface area contributed by atoms with Gasteiger partial charge in [-0.2, -0.15) is 0 Å². The second-order valence-electron chi connectivity index (χ2n) is 6.56. The lowest BCUT2D eigenvalue weighted by atomic mass is 9.87. The highest BCUT2D eigenvalue weighted by molar-refractivity contribution is 7.90. The molecule has 0 aliphatic heterocycles. The zero-order valence-electron chi connectivity index (χ0n) is 14.6. The van der Waals surface area contributed by atoms with E-state index in [1.165, 1.54) is 0 Å². The van der Waals surface area contributed by atoms with E-state index in [0.29, 0.717) is 25.2 Å². The third-order valence-corrected chi connectivity index (χ3v) is 5.00. The van der Waals surface area contributed by atoms with Gasteiger partial charge in [0.05, 0.1) is 4.90 Å². The summed E-state index contributed by atoms with van der Waals surface area (Å²) in [6.07, 6.45) is 0.618. The number of sulfonamides is 1. The first-order valence-electron chi connectivity index (χ1n) is 7.82. The Bertz CT molecular complexity index is 645. The minimum absolute atomic E-state index is 0.122. The molecular weight excluding hydrogens is 314 g/mol. The molecule has 1 aromatic rings. The largest absolute Gasteiger partial charge is 0.382 e. The third-order valence-electron chi connectivity index (χ3n) is 3.49. The molecule has 0 heterocycles. The Hall–Kier alpha value is -1.40. The van der Waals surface area contributed by atoms with E-state index in [9.17, 15) is 13.2 Å². The molecule has 0 aliphatic carbocycles. The average Bonchev–Trinajstić information content (AvgIpc) is 2.42. The maximum Gasteiger partial charge on any atom is 0.264 e.